The maximum Gasteiger partial charge on any atom is 0.416 e. The van der Waals surface area contributed by atoms with E-state index in [-0.39, 0.29) is 24.7 Å². The molecule has 192 valence electrons. The molecule has 0 radical (unpaired) electrons. The Balaban J connectivity index is 1.59. The van der Waals surface area contributed by atoms with Gasteiger partial charge >= 0.3 is 12.4 Å². The predicted octanol–water partition coefficient (Wildman–Crippen LogP) is 6.02. The molecule has 0 unspecified atom stereocenters. The number of hydrogen-bond donors (Lipinski definition) is 1. The van der Waals surface area contributed by atoms with Crippen molar-refractivity contribution in [2.75, 3.05) is 25.0 Å². The highest BCUT2D eigenvalue weighted by atomic mass is 19.4. The summed E-state index contributed by atoms with van der Waals surface area (Å²) in [5.41, 5.74) is 0.612. The first kappa shape index (κ1) is 25.7. The van der Waals surface area contributed by atoms with Gasteiger partial charge in [-0.25, -0.2) is 9.99 Å². The molecule has 4 nitrogen and oxygen atoms in total. The van der Waals surface area contributed by atoms with Crippen molar-refractivity contribution in [2.45, 2.75) is 51.1 Å². The average molecular weight is 504 g/mol. The van der Waals surface area contributed by atoms with Gasteiger partial charge in [0.15, 0.2) is 0 Å². The van der Waals surface area contributed by atoms with Crippen LogP contribution >= 0.6 is 0 Å². The van der Waals surface area contributed by atoms with E-state index in [1.54, 1.807) is 6.07 Å². The fraction of sp³-hybridized carbons (Fsp3) is 0.542. The number of nitrogens with one attached hydrogen (secondary N) is 1. The Kier molecular flexibility index (Phi) is 7.28. The van der Waals surface area contributed by atoms with Crippen LogP contribution in [0.4, 0.5) is 36.6 Å². The molecule has 0 amide bonds. The Hall–Kier alpha value is -2.40. The highest BCUT2D eigenvalue weighted by Gasteiger charge is 2.37. The maximum absolute atomic E-state index is 14.1. The minimum Gasteiger partial charge on any atom is -0.356 e. The first-order valence-electron chi connectivity index (χ1n) is 11.5. The van der Waals surface area contributed by atoms with Crippen molar-refractivity contribution in [2.24, 2.45) is 11.8 Å². The molecule has 4 rings (SSSR count). The lowest BCUT2D eigenvalue weighted by Crippen LogP contribution is -2.36. The van der Waals surface area contributed by atoms with Gasteiger partial charge in [-0.05, 0) is 80.5 Å². The van der Waals surface area contributed by atoms with Gasteiger partial charge in [-0.1, -0.05) is 0 Å². The molecule has 0 bridgehead atoms. The summed E-state index contributed by atoms with van der Waals surface area (Å²) in [6.07, 6.45) is -5.42. The van der Waals surface area contributed by atoms with Crippen molar-refractivity contribution in [1.82, 2.24) is 15.4 Å². The van der Waals surface area contributed by atoms with Crippen LogP contribution in [0.25, 0.3) is 0 Å². The fourth-order valence-corrected chi connectivity index (χ4v) is 4.07. The van der Waals surface area contributed by atoms with E-state index < -0.39 is 29.4 Å². The molecule has 0 atom stereocenters. The molecule has 2 aliphatic carbocycles. The SMILES string of the molecule is CNN(Cc1cc(C(F)(F)F)cc(C(F)(F)F)c1)Cc1ccc(F)nc1N(CC1CC1)CC1CC1. The zero-order valence-electron chi connectivity index (χ0n) is 19.2. The second-order valence-electron chi connectivity index (χ2n) is 9.40. The van der Waals surface area contributed by atoms with E-state index in [1.165, 1.54) is 18.1 Å². The first-order chi connectivity index (χ1) is 16.4. The minimum atomic E-state index is -4.92. The number of rotatable bonds is 10. The lowest BCUT2D eigenvalue weighted by Gasteiger charge is -2.29. The molecule has 35 heavy (non-hydrogen) atoms. The van der Waals surface area contributed by atoms with Crippen LogP contribution in [0.5, 0.6) is 0 Å². The third-order valence-corrected chi connectivity index (χ3v) is 6.27. The number of nitrogens with zero attached hydrogens (tertiary/aromatic N) is 3. The van der Waals surface area contributed by atoms with Gasteiger partial charge in [0, 0.05) is 31.7 Å². The summed E-state index contributed by atoms with van der Waals surface area (Å²) in [6, 6.07) is 4.34. The molecule has 11 heteroatoms. The number of hydrogen-bond acceptors (Lipinski definition) is 4. The third kappa shape index (κ3) is 7.07. The molecule has 0 aliphatic heterocycles. The number of hydrazine groups is 1. The standard InChI is InChI=1S/C24H27F7N4/c1-32-35(13-17-8-19(23(26,27)28)10-20(9-17)24(29,30)31)14-18-6-7-21(25)33-22(18)34(11-15-2-3-15)12-16-4-5-16/h6-10,15-16,32H,2-5,11-14H2,1H3. The summed E-state index contributed by atoms with van der Waals surface area (Å²) in [5.74, 6) is 0.893. The summed E-state index contributed by atoms with van der Waals surface area (Å²) in [7, 11) is 1.53. The lowest BCUT2D eigenvalue weighted by molar-refractivity contribution is -0.143. The Morgan fingerprint density at radius 2 is 1.40 bits per heavy atom. The van der Waals surface area contributed by atoms with Crippen molar-refractivity contribution >= 4 is 5.82 Å². The lowest BCUT2D eigenvalue weighted by atomic mass is 10.0. The smallest absolute Gasteiger partial charge is 0.356 e. The minimum absolute atomic E-state index is 0.114. The van der Waals surface area contributed by atoms with E-state index in [2.05, 4.69) is 15.3 Å². The van der Waals surface area contributed by atoms with Crippen molar-refractivity contribution in [1.29, 1.82) is 0 Å². The fourth-order valence-electron chi connectivity index (χ4n) is 4.07. The second-order valence-corrected chi connectivity index (χ2v) is 9.40. The van der Waals surface area contributed by atoms with E-state index >= 15 is 0 Å². The summed E-state index contributed by atoms with van der Waals surface area (Å²) >= 11 is 0. The van der Waals surface area contributed by atoms with Crippen LogP contribution in [0.2, 0.25) is 0 Å². The molecule has 1 aromatic heterocycles. The van der Waals surface area contributed by atoms with Crippen LogP contribution in [0, 0.1) is 17.8 Å². The maximum atomic E-state index is 14.1. The van der Waals surface area contributed by atoms with E-state index in [4.69, 9.17) is 0 Å². The van der Waals surface area contributed by atoms with Crippen LogP contribution in [-0.2, 0) is 25.4 Å². The molecule has 2 fully saturated rings. The molecule has 1 aromatic carbocycles. The highest BCUT2D eigenvalue weighted by molar-refractivity contribution is 5.47. The average Bonchev–Trinajstić information content (AvgIpc) is 3.69. The van der Waals surface area contributed by atoms with Gasteiger partial charge in [0.2, 0.25) is 5.95 Å². The van der Waals surface area contributed by atoms with Gasteiger partial charge in [-0.15, -0.1) is 0 Å². The van der Waals surface area contributed by atoms with Gasteiger partial charge in [0.1, 0.15) is 5.82 Å². The Morgan fingerprint density at radius 3 is 1.86 bits per heavy atom. The molecule has 2 aliphatic rings. The monoisotopic (exact) mass is 504 g/mol. The molecule has 0 saturated heterocycles. The van der Waals surface area contributed by atoms with Crippen molar-refractivity contribution in [3.8, 4) is 0 Å². The first-order valence-corrected chi connectivity index (χ1v) is 11.5. The van der Waals surface area contributed by atoms with E-state index in [9.17, 15) is 30.7 Å². The Labute approximate surface area is 199 Å². The zero-order chi connectivity index (χ0) is 25.4. The molecule has 2 aromatic rings. The third-order valence-electron chi connectivity index (χ3n) is 6.27. The number of anilines is 1. The molecule has 1 N–H and O–H groups in total. The number of halogens is 7. The number of alkyl halides is 6. The summed E-state index contributed by atoms with van der Waals surface area (Å²) in [4.78, 5) is 6.21. The van der Waals surface area contributed by atoms with Crippen LogP contribution < -0.4 is 10.3 Å². The predicted molar refractivity (Wildman–Crippen MR) is 117 cm³/mol. The van der Waals surface area contributed by atoms with E-state index in [0.717, 1.165) is 50.9 Å². The molecular weight excluding hydrogens is 477 g/mol. The van der Waals surface area contributed by atoms with E-state index in [1.807, 2.05) is 0 Å². The van der Waals surface area contributed by atoms with Gasteiger partial charge in [-0.3, -0.25) is 5.43 Å². The van der Waals surface area contributed by atoms with Crippen molar-refractivity contribution < 1.29 is 30.7 Å². The normalized spacial score (nSPS) is 16.7. The summed E-state index contributed by atoms with van der Waals surface area (Å²) < 4.78 is 93.6. The van der Waals surface area contributed by atoms with Crippen molar-refractivity contribution in [3.63, 3.8) is 0 Å². The quantitative estimate of drug-likeness (QED) is 0.244. The molecular formula is C24H27F7N4. The Morgan fingerprint density at radius 1 is 0.857 bits per heavy atom. The van der Waals surface area contributed by atoms with E-state index in [0.29, 0.717) is 23.2 Å². The Bertz CT molecular complexity index is 983. The van der Waals surface area contributed by atoms with Crippen LogP contribution in [0.3, 0.4) is 0 Å². The van der Waals surface area contributed by atoms with Gasteiger partial charge in [0.25, 0.3) is 0 Å². The summed E-state index contributed by atoms with van der Waals surface area (Å²) in [6.45, 7) is 1.39. The number of pyridine rings is 1. The topological polar surface area (TPSA) is 31.4 Å². The van der Waals surface area contributed by atoms with Gasteiger partial charge in [-0.2, -0.15) is 30.7 Å². The molecule has 1 heterocycles. The second kappa shape index (κ2) is 9.93. The molecule has 0 spiro atoms. The number of benzene rings is 1. The zero-order valence-corrected chi connectivity index (χ0v) is 19.2. The largest absolute Gasteiger partial charge is 0.416 e. The number of aromatic nitrogens is 1. The highest BCUT2D eigenvalue weighted by Crippen LogP contribution is 2.38. The van der Waals surface area contributed by atoms with Crippen LogP contribution in [-0.4, -0.2) is 30.1 Å². The molecule has 2 saturated carbocycles. The summed E-state index contributed by atoms with van der Waals surface area (Å²) in [5, 5.41) is 1.49. The van der Waals surface area contributed by atoms with Crippen molar-refractivity contribution in [3.05, 3.63) is 58.5 Å². The van der Waals surface area contributed by atoms with Crippen LogP contribution in [0.15, 0.2) is 30.3 Å². The van der Waals surface area contributed by atoms with Gasteiger partial charge < -0.3 is 4.90 Å². The van der Waals surface area contributed by atoms with Crippen LogP contribution in [0.1, 0.15) is 47.9 Å². The van der Waals surface area contributed by atoms with Gasteiger partial charge in [0.05, 0.1) is 11.1 Å².